The Kier molecular flexibility index (Phi) is 7.16. The number of likely N-dealkylation sites (N-methyl/N-ethyl adjacent to an activating group) is 1. The van der Waals surface area contributed by atoms with Gasteiger partial charge in [-0.25, -0.2) is 8.42 Å². The lowest BCUT2D eigenvalue weighted by Gasteiger charge is -2.18. The largest absolute Gasteiger partial charge is 0.405 e. The van der Waals surface area contributed by atoms with Crippen LogP contribution in [0.4, 0.5) is 13.2 Å². The number of alkyl halides is 3. The molecule has 0 aliphatic rings. The minimum absolute atomic E-state index is 0.117. The Bertz CT molecular complexity index is 746. The molecule has 0 aliphatic carbocycles. The van der Waals surface area contributed by atoms with Gasteiger partial charge in [-0.15, -0.1) is 0 Å². The van der Waals surface area contributed by atoms with Crippen LogP contribution in [-0.2, 0) is 14.8 Å². The molecule has 26 heavy (non-hydrogen) atoms. The van der Waals surface area contributed by atoms with E-state index >= 15 is 0 Å². The van der Waals surface area contributed by atoms with Crippen LogP contribution in [0.1, 0.15) is 24.2 Å². The molecule has 0 aliphatic heterocycles. The quantitative estimate of drug-likeness (QED) is 0.723. The molecule has 0 atom stereocenters. The number of amides is 2. The summed E-state index contributed by atoms with van der Waals surface area (Å²) in [6.45, 7) is 1.58. The van der Waals surface area contributed by atoms with Crippen LogP contribution in [0.15, 0.2) is 29.2 Å². The van der Waals surface area contributed by atoms with Crippen LogP contribution >= 0.6 is 0 Å². The van der Waals surface area contributed by atoms with E-state index in [1.807, 2.05) is 0 Å². The molecule has 2 N–H and O–H groups in total. The Balaban J connectivity index is 2.82. The van der Waals surface area contributed by atoms with E-state index in [-0.39, 0.29) is 16.5 Å². The average molecular weight is 395 g/mol. The first-order valence-electron chi connectivity index (χ1n) is 7.53. The summed E-state index contributed by atoms with van der Waals surface area (Å²) in [6, 6.07) is 4.23. The number of benzene rings is 1. The van der Waals surface area contributed by atoms with Gasteiger partial charge in [0.05, 0.1) is 11.4 Å². The van der Waals surface area contributed by atoms with Crippen molar-refractivity contribution >= 4 is 21.8 Å². The molecule has 0 radical (unpaired) electrons. The van der Waals surface area contributed by atoms with Crippen molar-refractivity contribution in [3.63, 3.8) is 0 Å². The third-order valence-corrected chi connectivity index (χ3v) is 4.91. The van der Waals surface area contributed by atoms with E-state index in [0.717, 1.165) is 28.6 Å². The molecule has 1 rings (SSSR count). The van der Waals surface area contributed by atoms with Crippen molar-refractivity contribution in [2.24, 2.45) is 0 Å². The molecule has 1 aromatic rings. The summed E-state index contributed by atoms with van der Waals surface area (Å²) in [6.07, 6.45) is -4.54. The molecule has 0 fully saturated rings. The van der Waals surface area contributed by atoms with Crippen LogP contribution in [0.2, 0.25) is 0 Å². The number of sulfonamides is 1. The normalized spacial score (nSPS) is 12.3. The number of carbonyl (C=O) groups is 2. The van der Waals surface area contributed by atoms with Gasteiger partial charge in [0.15, 0.2) is 0 Å². The molecule has 0 saturated carbocycles. The lowest BCUT2D eigenvalue weighted by atomic mass is 10.2. The van der Waals surface area contributed by atoms with Gasteiger partial charge in [-0.2, -0.15) is 17.5 Å². The lowest BCUT2D eigenvalue weighted by Crippen LogP contribution is -2.40. The van der Waals surface area contributed by atoms with Gasteiger partial charge >= 0.3 is 6.18 Å². The molecule has 0 bridgehead atoms. The first kappa shape index (κ1) is 21.9. The number of hydrogen-bond acceptors (Lipinski definition) is 4. The monoisotopic (exact) mass is 395 g/mol. The lowest BCUT2D eigenvalue weighted by molar-refractivity contribution is -0.123. The number of halogens is 3. The highest BCUT2D eigenvalue weighted by Crippen LogP contribution is 2.16. The molecular weight excluding hydrogens is 375 g/mol. The Labute approximate surface area is 149 Å². The second-order valence-electron chi connectivity index (χ2n) is 5.81. The Morgan fingerprint density at radius 1 is 1.15 bits per heavy atom. The summed E-state index contributed by atoms with van der Waals surface area (Å²) < 4.78 is 61.9. The molecule has 7 nitrogen and oxygen atoms in total. The second kappa shape index (κ2) is 8.49. The van der Waals surface area contributed by atoms with Crippen LogP contribution in [0.25, 0.3) is 0 Å². The third-order valence-electron chi connectivity index (χ3n) is 3.09. The van der Waals surface area contributed by atoms with Gasteiger partial charge in [0.25, 0.3) is 5.91 Å². The summed E-state index contributed by atoms with van der Waals surface area (Å²) in [5.41, 5.74) is -0.117. The van der Waals surface area contributed by atoms with E-state index in [4.69, 9.17) is 0 Å². The molecule has 0 heterocycles. The summed E-state index contributed by atoms with van der Waals surface area (Å²) in [7, 11) is -2.77. The fourth-order valence-electron chi connectivity index (χ4n) is 1.90. The van der Waals surface area contributed by atoms with Gasteiger partial charge in [-0.05, 0) is 38.1 Å². The van der Waals surface area contributed by atoms with Gasteiger partial charge < -0.3 is 10.6 Å². The third kappa shape index (κ3) is 6.64. The number of carbonyl (C=O) groups excluding carboxylic acids is 2. The molecule has 0 unspecified atom stereocenters. The van der Waals surface area contributed by atoms with Crippen LogP contribution in [0.5, 0.6) is 0 Å². The molecule has 1 aromatic carbocycles. The van der Waals surface area contributed by atoms with Gasteiger partial charge in [-0.1, -0.05) is 0 Å². The summed E-state index contributed by atoms with van der Waals surface area (Å²) in [5, 5.41) is 4.24. The number of rotatable bonds is 7. The Hall–Kier alpha value is -2.14. The summed E-state index contributed by atoms with van der Waals surface area (Å²) in [4.78, 5) is 23.1. The SMILES string of the molecule is CC(C)NC(=O)CN(C)S(=O)(=O)c1ccc(C(=O)NCC(F)(F)F)cc1. The molecule has 0 saturated heterocycles. The van der Waals surface area contributed by atoms with Crippen molar-refractivity contribution in [2.75, 3.05) is 20.1 Å². The van der Waals surface area contributed by atoms with Crippen LogP contribution in [0, 0.1) is 0 Å². The van der Waals surface area contributed by atoms with E-state index < -0.39 is 41.1 Å². The number of nitrogens with zero attached hydrogens (tertiary/aromatic N) is 1. The maximum Gasteiger partial charge on any atom is 0.405 e. The topological polar surface area (TPSA) is 95.6 Å². The predicted molar refractivity (Wildman–Crippen MR) is 87.9 cm³/mol. The molecule has 2 amide bonds. The maximum atomic E-state index is 12.4. The highest BCUT2D eigenvalue weighted by Gasteiger charge is 2.28. The number of nitrogens with one attached hydrogen (secondary N) is 2. The smallest absolute Gasteiger partial charge is 0.353 e. The van der Waals surface area contributed by atoms with Crippen LogP contribution in [0.3, 0.4) is 0 Å². The van der Waals surface area contributed by atoms with Gasteiger partial charge in [-0.3, -0.25) is 9.59 Å². The van der Waals surface area contributed by atoms with Crippen molar-refractivity contribution in [3.05, 3.63) is 29.8 Å². The highest BCUT2D eigenvalue weighted by atomic mass is 32.2. The molecule has 0 spiro atoms. The molecule has 146 valence electrons. The van der Waals surface area contributed by atoms with Crippen LogP contribution in [-0.4, -0.2) is 56.9 Å². The van der Waals surface area contributed by atoms with E-state index in [1.54, 1.807) is 19.2 Å². The minimum Gasteiger partial charge on any atom is -0.353 e. The molecular formula is C15H20F3N3O4S. The zero-order valence-corrected chi connectivity index (χ0v) is 15.2. The van der Waals surface area contributed by atoms with Gasteiger partial charge in [0, 0.05) is 18.7 Å². The fourth-order valence-corrected chi connectivity index (χ4v) is 3.02. The summed E-state index contributed by atoms with van der Waals surface area (Å²) in [5.74, 6) is -1.45. The Morgan fingerprint density at radius 3 is 2.15 bits per heavy atom. The molecule has 11 heteroatoms. The van der Waals surface area contributed by atoms with E-state index in [1.165, 1.54) is 7.05 Å². The van der Waals surface area contributed by atoms with E-state index in [2.05, 4.69) is 5.32 Å². The zero-order valence-electron chi connectivity index (χ0n) is 14.4. The van der Waals surface area contributed by atoms with Crippen molar-refractivity contribution in [2.45, 2.75) is 31.0 Å². The van der Waals surface area contributed by atoms with Crippen molar-refractivity contribution in [1.82, 2.24) is 14.9 Å². The number of hydrogen-bond donors (Lipinski definition) is 2. The average Bonchev–Trinajstić information content (AvgIpc) is 2.51. The highest BCUT2D eigenvalue weighted by molar-refractivity contribution is 7.89. The van der Waals surface area contributed by atoms with Crippen LogP contribution < -0.4 is 10.6 Å². The van der Waals surface area contributed by atoms with E-state index in [9.17, 15) is 31.2 Å². The first-order valence-corrected chi connectivity index (χ1v) is 8.97. The van der Waals surface area contributed by atoms with Gasteiger partial charge in [0.1, 0.15) is 6.54 Å². The van der Waals surface area contributed by atoms with Gasteiger partial charge in [0.2, 0.25) is 15.9 Å². The second-order valence-corrected chi connectivity index (χ2v) is 7.85. The minimum atomic E-state index is -4.54. The Morgan fingerprint density at radius 2 is 1.69 bits per heavy atom. The summed E-state index contributed by atoms with van der Waals surface area (Å²) >= 11 is 0. The standard InChI is InChI=1S/C15H20F3N3O4S/c1-10(2)20-13(22)8-21(3)26(24,25)12-6-4-11(5-7-12)14(23)19-9-15(16,17)18/h4-7,10H,8-9H2,1-3H3,(H,19,23)(H,20,22). The molecule has 0 aromatic heterocycles. The van der Waals surface area contributed by atoms with Crippen molar-refractivity contribution in [1.29, 1.82) is 0 Å². The van der Waals surface area contributed by atoms with Crippen molar-refractivity contribution in [3.8, 4) is 0 Å². The maximum absolute atomic E-state index is 12.4. The van der Waals surface area contributed by atoms with Crippen molar-refractivity contribution < 1.29 is 31.2 Å². The predicted octanol–water partition coefficient (Wildman–Crippen LogP) is 1.12. The fraction of sp³-hybridized carbons (Fsp3) is 0.467. The zero-order chi connectivity index (χ0) is 20.1. The van der Waals surface area contributed by atoms with E-state index in [0.29, 0.717) is 0 Å². The first-order chi connectivity index (χ1) is 11.8.